The van der Waals surface area contributed by atoms with Gasteiger partial charge in [-0.15, -0.1) is 0 Å². The van der Waals surface area contributed by atoms with Gasteiger partial charge in [0, 0.05) is 18.7 Å². The van der Waals surface area contributed by atoms with E-state index in [0.717, 1.165) is 11.3 Å². The summed E-state index contributed by atoms with van der Waals surface area (Å²) < 4.78 is 17.2. The van der Waals surface area contributed by atoms with Crippen LogP contribution in [0.15, 0.2) is 54.6 Å². The predicted molar refractivity (Wildman–Crippen MR) is 131 cm³/mol. The molecule has 0 spiro atoms. The molecule has 1 saturated heterocycles. The van der Waals surface area contributed by atoms with Crippen LogP contribution in [0.2, 0.25) is 0 Å². The lowest BCUT2D eigenvalue weighted by Crippen LogP contribution is -2.59. The molecule has 7 heteroatoms. The first-order valence-electron chi connectivity index (χ1n) is 11.6. The summed E-state index contributed by atoms with van der Waals surface area (Å²) in [7, 11) is 0. The second-order valence-corrected chi connectivity index (χ2v) is 10.6. The molecule has 1 aliphatic heterocycles. The molecule has 0 bridgehead atoms. The molecule has 0 aliphatic carbocycles. The molecule has 1 fully saturated rings. The molecule has 0 unspecified atom stereocenters. The smallest absolute Gasteiger partial charge is 0.408 e. The average molecular weight is 469 g/mol. The first-order valence-corrected chi connectivity index (χ1v) is 11.6. The minimum absolute atomic E-state index is 0.278. The highest BCUT2D eigenvalue weighted by atomic mass is 16.6. The highest BCUT2D eigenvalue weighted by Gasteiger charge is 2.55. The van der Waals surface area contributed by atoms with Crippen LogP contribution >= 0.6 is 0 Å². The minimum atomic E-state index is -1.39. The first-order chi connectivity index (χ1) is 15.9. The van der Waals surface area contributed by atoms with Crippen molar-refractivity contribution in [3.63, 3.8) is 0 Å². The van der Waals surface area contributed by atoms with Crippen molar-refractivity contribution in [2.75, 3.05) is 11.9 Å². The van der Waals surface area contributed by atoms with Gasteiger partial charge in [0.05, 0.1) is 6.61 Å². The summed E-state index contributed by atoms with van der Waals surface area (Å²) in [6, 6.07) is 17.8. The lowest BCUT2D eigenvalue weighted by molar-refractivity contribution is -0.166. The topological polar surface area (TPSA) is 85.9 Å². The zero-order chi connectivity index (χ0) is 25.0. The third-order valence-corrected chi connectivity index (χ3v) is 5.27. The van der Waals surface area contributed by atoms with Gasteiger partial charge < -0.3 is 24.8 Å². The molecule has 1 amide bonds. The fourth-order valence-electron chi connectivity index (χ4n) is 3.81. The van der Waals surface area contributed by atoms with E-state index in [4.69, 9.17) is 14.2 Å². The van der Waals surface area contributed by atoms with E-state index >= 15 is 0 Å². The van der Waals surface area contributed by atoms with Crippen LogP contribution in [0, 0.1) is 0 Å². The molecule has 2 aromatic rings. The van der Waals surface area contributed by atoms with Crippen molar-refractivity contribution >= 4 is 17.7 Å². The summed E-state index contributed by atoms with van der Waals surface area (Å²) in [6.07, 6.45) is -1.12. The Labute approximate surface area is 202 Å². The molecule has 0 saturated carbocycles. The van der Waals surface area contributed by atoms with Crippen molar-refractivity contribution in [1.29, 1.82) is 0 Å². The number of hydrogen-bond acceptors (Lipinski definition) is 6. The number of ether oxygens (including phenoxy) is 3. The number of carbonyl (C=O) groups excluding carboxylic acids is 2. The Hall–Kier alpha value is -3.06. The van der Waals surface area contributed by atoms with Crippen LogP contribution in [0.5, 0.6) is 0 Å². The summed E-state index contributed by atoms with van der Waals surface area (Å²) in [5, 5.41) is 6.19. The lowest BCUT2D eigenvalue weighted by atomic mass is 9.86. The Bertz CT molecular complexity index is 977. The van der Waals surface area contributed by atoms with E-state index in [1.54, 1.807) is 41.5 Å². The normalized spacial score (nSPS) is 20.5. The van der Waals surface area contributed by atoms with Crippen LogP contribution < -0.4 is 10.6 Å². The van der Waals surface area contributed by atoms with Crippen LogP contribution in [-0.4, -0.2) is 35.4 Å². The van der Waals surface area contributed by atoms with Crippen LogP contribution in [0.1, 0.15) is 65.2 Å². The highest BCUT2D eigenvalue weighted by Crippen LogP contribution is 2.40. The van der Waals surface area contributed by atoms with Crippen LogP contribution in [0.3, 0.4) is 0 Å². The molecule has 0 radical (unpaired) electrons. The Morgan fingerprint density at radius 1 is 0.941 bits per heavy atom. The van der Waals surface area contributed by atoms with Crippen molar-refractivity contribution in [2.45, 2.75) is 77.4 Å². The maximum Gasteiger partial charge on any atom is 0.408 e. The van der Waals surface area contributed by atoms with Crippen molar-refractivity contribution < 1.29 is 23.8 Å². The molecule has 34 heavy (non-hydrogen) atoms. The first kappa shape index (κ1) is 25.6. The molecule has 7 nitrogen and oxygen atoms in total. The fourth-order valence-corrected chi connectivity index (χ4v) is 3.81. The predicted octanol–water partition coefficient (Wildman–Crippen LogP) is 5.37. The van der Waals surface area contributed by atoms with Crippen LogP contribution in [0.25, 0.3) is 0 Å². The number of amides is 1. The molecular weight excluding hydrogens is 432 g/mol. The van der Waals surface area contributed by atoms with Gasteiger partial charge in [-0.1, -0.05) is 42.5 Å². The number of nitrogens with one attached hydrogen (secondary N) is 2. The van der Waals surface area contributed by atoms with Crippen molar-refractivity contribution in [3.05, 3.63) is 65.7 Å². The number of rotatable bonds is 6. The molecule has 184 valence electrons. The van der Waals surface area contributed by atoms with E-state index in [2.05, 4.69) is 22.8 Å². The van der Waals surface area contributed by atoms with Gasteiger partial charge in [-0.2, -0.15) is 0 Å². The Kier molecular flexibility index (Phi) is 7.56. The Morgan fingerprint density at radius 3 is 2.15 bits per heavy atom. The zero-order valence-corrected chi connectivity index (χ0v) is 20.9. The monoisotopic (exact) mass is 468 g/mol. The quantitative estimate of drug-likeness (QED) is 0.555. The van der Waals surface area contributed by atoms with E-state index in [0.29, 0.717) is 13.2 Å². The minimum Gasteiger partial charge on any atom is -0.458 e. The van der Waals surface area contributed by atoms with Gasteiger partial charge >= 0.3 is 12.1 Å². The molecule has 2 aromatic carbocycles. The summed E-state index contributed by atoms with van der Waals surface area (Å²) in [5.74, 6) is -0.542. The molecule has 1 heterocycles. The van der Waals surface area contributed by atoms with Crippen LogP contribution in [-0.2, 0) is 25.5 Å². The zero-order valence-electron chi connectivity index (χ0n) is 20.9. The third kappa shape index (κ3) is 6.73. The molecular formula is C27H36N2O5. The number of benzene rings is 2. The fraction of sp³-hybridized carbons (Fsp3) is 0.481. The van der Waals surface area contributed by atoms with Gasteiger partial charge in [0.15, 0.2) is 5.54 Å². The standard InChI is InChI=1S/C27H36N2O5/c1-25(2,3)33-23(30)27(29-24(31)34-26(4,5)6)16-17-32-22(27)20-12-14-21(15-13-20)28-18-19-10-8-7-9-11-19/h7-15,22,28H,16-18H2,1-6H3,(H,29,31)/t22-,27+/m0/s1. The maximum atomic E-state index is 13.4. The van der Waals surface area contributed by atoms with E-state index in [9.17, 15) is 9.59 Å². The SMILES string of the molecule is CC(C)(C)OC(=O)N[C@]1(C(=O)OC(C)(C)C)CCO[C@H]1c1ccc(NCc2ccccc2)cc1. The number of alkyl carbamates (subject to hydrolysis) is 1. The summed E-state index contributed by atoms with van der Waals surface area (Å²) in [6.45, 7) is 11.7. The van der Waals surface area contributed by atoms with E-state index < -0.39 is 34.9 Å². The van der Waals surface area contributed by atoms with Gasteiger partial charge in [-0.3, -0.25) is 0 Å². The number of esters is 1. The van der Waals surface area contributed by atoms with E-state index in [1.807, 2.05) is 42.5 Å². The van der Waals surface area contributed by atoms with E-state index in [-0.39, 0.29) is 6.42 Å². The number of anilines is 1. The summed E-state index contributed by atoms with van der Waals surface area (Å²) in [5.41, 5.74) is 0.0572. The second kappa shape index (κ2) is 10.1. The van der Waals surface area contributed by atoms with E-state index in [1.165, 1.54) is 5.56 Å². The average Bonchev–Trinajstić information content (AvgIpc) is 3.15. The number of carbonyl (C=O) groups is 2. The van der Waals surface area contributed by atoms with Gasteiger partial charge in [0.25, 0.3) is 0 Å². The maximum absolute atomic E-state index is 13.4. The summed E-state index contributed by atoms with van der Waals surface area (Å²) in [4.78, 5) is 26.1. The molecule has 1 aliphatic rings. The lowest BCUT2D eigenvalue weighted by Gasteiger charge is -2.36. The summed E-state index contributed by atoms with van der Waals surface area (Å²) >= 11 is 0. The van der Waals surface area contributed by atoms with Gasteiger partial charge in [-0.05, 0) is 64.8 Å². The molecule has 2 atom stereocenters. The van der Waals surface area contributed by atoms with Gasteiger partial charge in [0.1, 0.15) is 17.3 Å². The largest absolute Gasteiger partial charge is 0.458 e. The van der Waals surface area contributed by atoms with Crippen LogP contribution in [0.4, 0.5) is 10.5 Å². The third-order valence-electron chi connectivity index (χ3n) is 5.27. The van der Waals surface area contributed by atoms with Gasteiger partial charge in [-0.25, -0.2) is 9.59 Å². The van der Waals surface area contributed by atoms with Gasteiger partial charge in [0.2, 0.25) is 0 Å². The van der Waals surface area contributed by atoms with Crippen molar-refractivity contribution in [3.8, 4) is 0 Å². The Balaban J connectivity index is 1.83. The Morgan fingerprint density at radius 2 is 1.56 bits per heavy atom. The second-order valence-electron chi connectivity index (χ2n) is 10.6. The molecule has 0 aromatic heterocycles. The van der Waals surface area contributed by atoms with Crippen molar-refractivity contribution in [1.82, 2.24) is 5.32 Å². The van der Waals surface area contributed by atoms with Crippen molar-refractivity contribution in [2.24, 2.45) is 0 Å². The highest BCUT2D eigenvalue weighted by molar-refractivity contribution is 5.87. The number of hydrogen-bond donors (Lipinski definition) is 2. The molecule has 2 N–H and O–H groups in total. The molecule has 3 rings (SSSR count).